The SMILES string of the molecule is CCCCCCCCCCCCCCCCCCC(=O)OC[C@H](COP(=O)(O)OC[C@@H](O)COP(=O)(O)OC[C@@H](COC(=O)CCCCCCCCCCCC(C)C)OC(=O)CCCCCCCCCCCCCCC)OC(=O)CCCCCCCCCCCCCCCCCCCCC(C)C. The molecule has 0 aromatic rings. The van der Waals surface area contributed by atoms with Gasteiger partial charge in [-0.1, -0.05) is 388 Å². The molecule has 0 heterocycles. The maximum absolute atomic E-state index is 13.1. The predicted octanol–water partition coefficient (Wildman–Crippen LogP) is 25.1. The molecule has 0 radical (unpaired) electrons. The minimum Gasteiger partial charge on any atom is -0.462 e. The van der Waals surface area contributed by atoms with E-state index in [0.29, 0.717) is 25.7 Å². The van der Waals surface area contributed by atoms with Crippen molar-refractivity contribution in [2.75, 3.05) is 39.6 Å². The first-order valence-electron chi connectivity index (χ1n) is 43.0. The molecule has 0 aromatic heterocycles. The van der Waals surface area contributed by atoms with Gasteiger partial charge < -0.3 is 33.8 Å². The third-order valence-electron chi connectivity index (χ3n) is 19.5. The first-order chi connectivity index (χ1) is 49.4. The van der Waals surface area contributed by atoms with Crippen LogP contribution in [0.4, 0.5) is 0 Å². The monoisotopic (exact) mass is 1490 g/mol. The van der Waals surface area contributed by atoms with Crippen LogP contribution in [0, 0.1) is 11.8 Å². The summed E-state index contributed by atoms with van der Waals surface area (Å²) in [4.78, 5) is 73.1. The van der Waals surface area contributed by atoms with Crippen LogP contribution in [0.3, 0.4) is 0 Å². The molecule has 0 aliphatic carbocycles. The molecule has 19 heteroatoms. The Balaban J connectivity index is 5.24. The van der Waals surface area contributed by atoms with Gasteiger partial charge in [-0.25, -0.2) is 9.13 Å². The normalized spacial score (nSPS) is 13.9. The van der Waals surface area contributed by atoms with Crippen LogP contribution in [-0.4, -0.2) is 96.7 Å². The second-order valence-electron chi connectivity index (χ2n) is 30.8. The van der Waals surface area contributed by atoms with Crippen molar-refractivity contribution in [2.45, 2.75) is 458 Å². The molecule has 2 unspecified atom stereocenters. The Kier molecular flexibility index (Phi) is 73.1. The fraction of sp³-hybridized carbons (Fsp3) is 0.952. The van der Waals surface area contributed by atoms with E-state index in [1.165, 1.54) is 257 Å². The number of hydrogen-bond donors (Lipinski definition) is 3. The second kappa shape index (κ2) is 74.5. The minimum atomic E-state index is -4.96. The lowest BCUT2D eigenvalue weighted by atomic mass is 10.0. The third kappa shape index (κ3) is 76.3. The van der Waals surface area contributed by atoms with Crippen LogP contribution >= 0.6 is 15.6 Å². The lowest BCUT2D eigenvalue weighted by Crippen LogP contribution is -2.30. The summed E-state index contributed by atoms with van der Waals surface area (Å²) >= 11 is 0. The van der Waals surface area contributed by atoms with E-state index in [4.69, 9.17) is 37.0 Å². The van der Waals surface area contributed by atoms with E-state index in [1.807, 2.05) is 0 Å². The second-order valence-corrected chi connectivity index (χ2v) is 33.7. The number of aliphatic hydroxyl groups is 1. The highest BCUT2D eigenvalue weighted by molar-refractivity contribution is 7.47. The molecule has 0 aliphatic rings. The summed E-state index contributed by atoms with van der Waals surface area (Å²) in [6.07, 6.45) is 65.2. The summed E-state index contributed by atoms with van der Waals surface area (Å²) in [5, 5.41) is 10.7. The van der Waals surface area contributed by atoms with Crippen LogP contribution in [0.15, 0.2) is 0 Å². The first kappa shape index (κ1) is 100. The number of aliphatic hydroxyl groups excluding tert-OH is 1. The number of carbonyl (C=O) groups is 4. The summed E-state index contributed by atoms with van der Waals surface area (Å²) < 4.78 is 68.8. The molecule has 3 N–H and O–H groups in total. The van der Waals surface area contributed by atoms with Crippen molar-refractivity contribution in [3.05, 3.63) is 0 Å². The molecular formula is C83H162O17P2. The Morgan fingerprint density at radius 3 is 0.667 bits per heavy atom. The zero-order chi connectivity index (χ0) is 74.9. The van der Waals surface area contributed by atoms with Crippen molar-refractivity contribution in [1.82, 2.24) is 0 Å². The fourth-order valence-corrected chi connectivity index (χ4v) is 14.5. The van der Waals surface area contributed by atoms with Crippen molar-refractivity contribution in [2.24, 2.45) is 11.8 Å². The van der Waals surface area contributed by atoms with Crippen LogP contribution in [-0.2, 0) is 65.4 Å². The number of phosphoric ester groups is 2. The predicted molar refractivity (Wildman–Crippen MR) is 418 cm³/mol. The van der Waals surface area contributed by atoms with E-state index in [0.717, 1.165) is 102 Å². The number of phosphoric acid groups is 2. The van der Waals surface area contributed by atoms with Gasteiger partial charge in [0, 0.05) is 25.7 Å². The van der Waals surface area contributed by atoms with Gasteiger partial charge in [-0.05, 0) is 37.5 Å². The van der Waals surface area contributed by atoms with Gasteiger partial charge in [-0.15, -0.1) is 0 Å². The van der Waals surface area contributed by atoms with Crippen molar-refractivity contribution in [1.29, 1.82) is 0 Å². The average molecular weight is 1490 g/mol. The van der Waals surface area contributed by atoms with Crippen LogP contribution in [0.5, 0.6) is 0 Å². The lowest BCUT2D eigenvalue weighted by Gasteiger charge is -2.21. The van der Waals surface area contributed by atoms with E-state index in [2.05, 4.69) is 41.5 Å². The van der Waals surface area contributed by atoms with Gasteiger partial charge in [0.25, 0.3) is 0 Å². The molecule has 606 valence electrons. The van der Waals surface area contributed by atoms with Gasteiger partial charge in [0.15, 0.2) is 12.2 Å². The van der Waals surface area contributed by atoms with E-state index in [1.54, 1.807) is 0 Å². The molecule has 102 heavy (non-hydrogen) atoms. The molecule has 0 amide bonds. The van der Waals surface area contributed by atoms with Gasteiger partial charge in [-0.3, -0.25) is 37.3 Å². The quantitative estimate of drug-likeness (QED) is 0.0222. The standard InChI is InChI=1S/C83H162O17P2/c1-7-9-11-13-15-17-19-21-22-28-32-35-41-47-53-59-65-80(85)93-71-78(99-83(88)68-62-56-50-43-37-33-29-26-24-23-25-27-31-34-39-45-51-57-63-75(3)4)73-97-101(89,90)95-69-77(84)70-96-102(91,92)98-74-79(72-94-81(86)66-60-54-48-44-38-40-46-52-58-64-76(5)6)100-82(87)67-61-55-49-42-36-30-20-18-16-14-12-10-8-2/h75-79,84H,7-74H2,1-6H3,(H,89,90)(H,91,92)/t77-,78-,79-/m1/s1. The highest BCUT2D eigenvalue weighted by Gasteiger charge is 2.30. The molecule has 0 saturated carbocycles. The van der Waals surface area contributed by atoms with E-state index < -0.39 is 97.5 Å². The Morgan fingerprint density at radius 1 is 0.265 bits per heavy atom. The Labute approximate surface area is 626 Å². The number of hydrogen-bond acceptors (Lipinski definition) is 15. The summed E-state index contributed by atoms with van der Waals surface area (Å²) in [5.74, 6) is -0.540. The molecule has 0 saturated heterocycles. The van der Waals surface area contributed by atoms with Gasteiger partial charge >= 0.3 is 39.5 Å². The van der Waals surface area contributed by atoms with Crippen molar-refractivity contribution < 1.29 is 80.2 Å². The van der Waals surface area contributed by atoms with Gasteiger partial charge in [0.1, 0.15) is 19.3 Å². The topological polar surface area (TPSA) is 237 Å². The maximum Gasteiger partial charge on any atom is 0.472 e. The van der Waals surface area contributed by atoms with Crippen LogP contribution < -0.4 is 0 Å². The Hall–Kier alpha value is -1.94. The number of esters is 4. The number of unbranched alkanes of at least 4 members (excludes halogenated alkanes) is 52. The van der Waals surface area contributed by atoms with Crippen LogP contribution in [0.25, 0.3) is 0 Å². The average Bonchev–Trinajstić information content (AvgIpc) is 0.922. The smallest absolute Gasteiger partial charge is 0.462 e. The largest absolute Gasteiger partial charge is 0.472 e. The highest BCUT2D eigenvalue weighted by Crippen LogP contribution is 2.45. The lowest BCUT2D eigenvalue weighted by molar-refractivity contribution is -0.161. The molecule has 0 aromatic carbocycles. The molecule has 17 nitrogen and oxygen atoms in total. The molecule has 0 bridgehead atoms. The van der Waals surface area contributed by atoms with Crippen molar-refractivity contribution in [3.8, 4) is 0 Å². The third-order valence-corrected chi connectivity index (χ3v) is 21.4. The zero-order valence-corrected chi connectivity index (χ0v) is 68.7. The zero-order valence-electron chi connectivity index (χ0n) is 66.9. The summed E-state index contributed by atoms with van der Waals surface area (Å²) in [6, 6.07) is 0. The molecule has 5 atom stereocenters. The first-order valence-corrected chi connectivity index (χ1v) is 46.0. The summed E-state index contributed by atoms with van der Waals surface area (Å²) in [7, 11) is -9.92. The maximum atomic E-state index is 13.1. The number of carbonyl (C=O) groups excluding carboxylic acids is 4. The summed E-state index contributed by atoms with van der Waals surface area (Å²) in [5.41, 5.74) is 0. The number of rotatable bonds is 82. The molecule has 0 rings (SSSR count). The Morgan fingerprint density at radius 2 is 0.451 bits per heavy atom. The molecule has 0 aliphatic heterocycles. The van der Waals surface area contributed by atoms with Crippen LogP contribution in [0.2, 0.25) is 0 Å². The van der Waals surface area contributed by atoms with Gasteiger partial charge in [0.2, 0.25) is 0 Å². The van der Waals surface area contributed by atoms with E-state index in [-0.39, 0.29) is 25.7 Å². The van der Waals surface area contributed by atoms with Gasteiger partial charge in [-0.2, -0.15) is 0 Å². The van der Waals surface area contributed by atoms with E-state index in [9.17, 15) is 43.2 Å². The molecule has 0 fully saturated rings. The Bertz CT molecular complexity index is 1960. The van der Waals surface area contributed by atoms with Gasteiger partial charge in [0.05, 0.1) is 26.4 Å². The summed E-state index contributed by atoms with van der Waals surface area (Å²) in [6.45, 7) is 9.67. The van der Waals surface area contributed by atoms with Crippen molar-refractivity contribution >= 4 is 39.5 Å². The number of ether oxygens (including phenoxy) is 4. The molecule has 0 spiro atoms. The van der Waals surface area contributed by atoms with Crippen molar-refractivity contribution in [3.63, 3.8) is 0 Å². The van der Waals surface area contributed by atoms with E-state index >= 15 is 0 Å². The minimum absolute atomic E-state index is 0.108. The molecular weight excluding hydrogens is 1330 g/mol. The highest BCUT2D eigenvalue weighted by atomic mass is 31.2. The fourth-order valence-electron chi connectivity index (χ4n) is 12.9. The van der Waals surface area contributed by atoms with Crippen LogP contribution in [0.1, 0.15) is 440 Å².